The number of ether oxygens (including phenoxy) is 2. The van der Waals surface area contributed by atoms with E-state index < -0.39 is 6.29 Å². The van der Waals surface area contributed by atoms with Gasteiger partial charge in [0.25, 0.3) is 0 Å². The predicted octanol–water partition coefficient (Wildman–Crippen LogP) is -0.0204. The molecule has 0 radical (unpaired) electrons. The van der Waals surface area contributed by atoms with Crippen LogP contribution < -0.4 is 11.5 Å². The minimum atomic E-state index is -0.466. The van der Waals surface area contributed by atoms with E-state index in [9.17, 15) is 0 Å². The van der Waals surface area contributed by atoms with Gasteiger partial charge in [-0.05, 0) is 12.1 Å². The molecule has 0 amide bonds. The molecule has 2 rings (SSSR count). The molecular weight excluding hydrogens is 184 g/mol. The Balaban J connectivity index is 2.05. The molecule has 14 heavy (non-hydrogen) atoms. The lowest BCUT2D eigenvalue weighted by molar-refractivity contribution is -0.0804. The van der Waals surface area contributed by atoms with Gasteiger partial charge in [-0.3, -0.25) is 0 Å². The molecule has 1 aromatic rings. The molecule has 0 aromatic carbocycles. The van der Waals surface area contributed by atoms with E-state index in [1.54, 1.807) is 18.4 Å². The molecule has 0 spiro atoms. The molecule has 2 heterocycles. The topological polar surface area (TPSA) is 83.6 Å². The molecule has 5 nitrogen and oxygen atoms in total. The highest BCUT2D eigenvalue weighted by atomic mass is 16.7. The van der Waals surface area contributed by atoms with Gasteiger partial charge in [0.1, 0.15) is 12.2 Å². The first-order valence-corrected chi connectivity index (χ1v) is 4.59. The van der Waals surface area contributed by atoms with Crippen molar-refractivity contribution >= 4 is 0 Å². The van der Waals surface area contributed by atoms with Crippen LogP contribution in [0.4, 0.5) is 0 Å². The SMILES string of the molecule is NCC1OC(c2ccco2)OC1CN. The largest absolute Gasteiger partial charge is 0.464 e. The standard InChI is InChI=1S/C9H14N2O3/c10-4-7-8(5-11)14-9(13-7)6-2-1-3-12-6/h1-3,7-9H,4-5,10-11H2. The lowest BCUT2D eigenvalue weighted by Crippen LogP contribution is -2.35. The molecule has 1 saturated heterocycles. The fraction of sp³-hybridized carbons (Fsp3) is 0.556. The quantitative estimate of drug-likeness (QED) is 0.713. The van der Waals surface area contributed by atoms with E-state index in [2.05, 4.69) is 0 Å². The molecule has 2 atom stereocenters. The molecule has 0 bridgehead atoms. The lowest BCUT2D eigenvalue weighted by atomic mass is 10.2. The molecular formula is C9H14N2O3. The first-order chi connectivity index (χ1) is 6.85. The van der Waals surface area contributed by atoms with Crippen molar-refractivity contribution < 1.29 is 13.9 Å². The summed E-state index contributed by atoms with van der Waals surface area (Å²) in [6, 6.07) is 3.59. The Kier molecular flexibility index (Phi) is 2.83. The van der Waals surface area contributed by atoms with E-state index in [1.165, 1.54) is 0 Å². The van der Waals surface area contributed by atoms with Gasteiger partial charge in [0, 0.05) is 13.1 Å². The van der Waals surface area contributed by atoms with Crippen LogP contribution in [0.25, 0.3) is 0 Å². The molecule has 4 N–H and O–H groups in total. The van der Waals surface area contributed by atoms with Crippen molar-refractivity contribution in [3.8, 4) is 0 Å². The maximum Gasteiger partial charge on any atom is 0.218 e. The van der Waals surface area contributed by atoms with Crippen molar-refractivity contribution in [1.82, 2.24) is 0 Å². The van der Waals surface area contributed by atoms with Gasteiger partial charge >= 0.3 is 0 Å². The molecule has 1 aromatic heterocycles. The maximum absolute atomic E-state index is 5.54. The van der Waals surface area contributed by atoms with Crippen LogP contribution in [0.5, 0.6) is 0 Å². The summed E-state index contributed by atoms with van der Waals surface area (Å²) in [6.07, 6.45) is 0.826. The summed E-state index contributed by atoms with van der Waals surface area (Å²) < 4.78 is 16.2. The Bertz CT molecular complexity index is 264. The van der Waals surface area contributed by atoms with E-state index in [4.69, 9.17) is 25.4 Å². The summed E-state index contributed by atoms with van der Waals surface area (Å²) in [5.41, 5.74) is 11.0. The molecule has 1 aliphatic heterocycles. The fourth-order valence-electron chi connectivity index (χ4n) is 1.50. The van der Waals surface area contributed by atoms with Gasteiger partial charge in [-0.15, -0.1) is 0 Å². The van der Waals surface area contributed by atoms with Crippen LogP contribution >= 0.6 is 0 Å². The zero-order chi connectivity index (χ0) is 9.97. The van der Waals surface area contributed by atoms with Crippen molar-refractivity contribution in [3.63, 3.8) is 0 Å². The first-order valence-electron chi connectivity index (χ1n) is 4.59. The Hall–Kier alpha value is -0.880. The van der Waals surface area contributed by atoms with Gasteiger partial charge < -0.3 is 25.4 Å². The lowest BCUT2D eigenvalue weighted by Gasteiger charge is -2.10. The highest BCUT2D eigenvalue weighted by Gasteiger charge is 2.36. The van der Waals surface area contributed by atoms with Crippen LogP contribution in [0.2, 0.25) is 0 Å². The van der Waals surface area contributed by atoms with Crippen LogP contribution in [0, 0.1) is 0 Å². The number of nitrogens with two attached hydrogens (primary N) is 2. The van der Waals surface area contributed by atoms with E-state index in [1.807, 2.05) is 0 Å². The molecule has 0 saturated carbocycles. The summed E-state index contributed by atoms with van der Waals surface area (Å²) in [4.78, 5) is 0. The monoisotopic (exact) mass is 198 g/mol. The van der Waals surface area contributed by atoms with Gasteiger partial charge in [0.05, 0.1) is 6.26 Å². The predicted molar refractivity (Wildman–Crippen MR) is 49.3 cm³/mol. The maximum atomic E-state index is 5.54. The van der Waals surface area contributed by atoms with Gasteiger partial charge in [-0.1, -0.05) is 0 Å². The van der Waals surface area contributed by atoms with Crippen LogP contribution in [-0.4, -0.2) is 25.3 Å². The number of hydrogen-bond donors (Lipinski definition) is 2. The second-order valence-electron chi connectivity index (χ2n) is 3.17. The molecule has 2 unspecified atom stereocenters. The van der Waals surface area contributed by atoms with Gasteiger partial charge in [-0.2, -0.15) is 0 Å². The van der Waals surface area contributed by atoms with Crippen LogP contribution in [0.1, 0.15) is 12.1 Å². The zero-order valence-corrected chi connectivity index (χ0v) is 7.76. The third-order valence-electron chi connectivity index (χ3n) is 2.25. The second kappa shape index (κ2) is 4.10. The van der Waals surface area contributed by atoms with Crippen LogP contribution in [0.15, 0.2) is 22.8 Å². The molecule has 78 valence electrons. The van der Waals surface area contributed by atoms with Gasteiger partial charge in [-0.25, -0.2) is 0 Å². The summed E-state index contributed by atoms with van der Waals surface area (Å²) in [5.74, 6) is 0.652. The van der Waals surface area contributed by atoms with Gasteiger partial charge in [0.15, 0.2) is 5.76 Å². The van der Waals surface area contributed by atoms with Gasteiger partial charge in [0.2, 0.25) is 6.29 Å². The summed E-state index contributed by atoms with van der Waals surface area (Å²) in [7, 11) is 0. The number of rotatable bonds is 3. The highest BCUT2D eigenvalue weighted by Crippen LogP contribution is 2.30. The molecule has 5 heteroatoms. The van der Waals surface area contributed by atoms with E-state index in [-0.39, 0.29) is 12.2 Å². The van der Waals surface area contributed by atoms with Crippen molar-refractivity contribution in [2.75, 3.05) is 13.1 Å². The minimum Gasteiger partial charge on any atom is -0.464 e. The molecule has 1 fully saturated rings. The smallest absolute Gasteiger partial charge is 0.218 e. The van der Waals surface area contributed by atoms with E-state index in [0.717, 1.165) is 0 Å². The minimum absolute atomic E-state index is 0.143. The zero-order valence-electron chi connectivity index (χ0n) is 7.76. The fourth-order valence-corrected chi connectivity index (χ4v) is 1.50. The molecule has 0 aliphatic carbocycles. The van der Waals surface area contributed by atoms with Crippen molar-refractivity contribution in [2.24, 2.45) is 11.5 Å². The Morgan fingerprint density at radius 1 is 1.14 bits per heavy atom. The third-order valence-corrected chi connectivity index (χ3v) is 2.25. The Labute approximate surface area is 82.0 Å². The van der Waals surface area contributed by atoms with Crippen molar-refractivity contribution in [2.45, 2.75) is 18.5 Å². The highest BCUT2D eigenvalue weighted by molar-refractivity contribution is 5.01. The third kappa shape index (κ3) is 1.67. The Morgan fingerprint density at radius 2 is 1.79 bits per heavy atom. The summed E-state index contributed by atoms with van der Waals surface area (Å²) in [5, 5.41) is 0. The van der Waals surface area contributed by atoms with Crippen molar-refractivity contribution in [3.05, 3.63) is 24.2 Å². The second-order valence-corrected chi connectivity index (χ2v) is 3.17. The van der Waals surface area contributed by atoms with Crippen molar-refractivity contribution in [1.29, 1.82) is 0 Å². The Morgan fingerprint density at radius 3 is 2.21 bits per heavy atom. The summed E-state index contributed by atoms with van der Waals surface area (Å²) >= 11 is 0. The number of hydrogen-bond acceptors (Lipinski definition) is 5. The van der Waals surface area contributed by atoms with E-state index in [0.29, 0.717) is 18.8 Å². The molecule has 1 aliphatic rings. The first kappa shape index (κ1) is 9.67. The van der Waals surface area contributed by atoms with Crippen LogP contribution in [-0.2, 0) is 9.47 Å². The average molecular weight is 198 g/mol. The normalized spacial score (nSPS) is 32.3. The van der Waals surface area contributed by atoms with E-state index >= 15 is 0 Å². The average Bonchev–Trinajstić information content (AvgIpc) is 2.85. The number of furan rings is 1. The van der Waals surface area contributed by atoms with Crippen LogP contribution in [0.3, 0.4) is 0 Å². The summed E-state index contributed by atoms with van der Waals surface area (Å²) in [6.45, 7) is 0.804.